The van der Waals surface area contributed by atoms with E-state index < -0.39 is 29.4 Å². The molecule has 0 radical (unpaired) electrons. The number of nitrogens with zero attached hydrogens (tertiary/aromatic N) is 1. The molecule has 0 aromatic carbocycles. The molecule has 7 heteroatoms. The molecule has 0 bridgehead atoms. The third-order valence-electron chi connectivity index (χ3n) is 1.60. The predicted molar refractivity (Wildman–Crippen MR) is 49.9 cm³/mol. The molecule has 15 heavy (non-hydrogen) atoms. The number of rotatable bonds is 3. The molecule has 1 aromatic rings. The Labute approximate surface area is 91.7 Å². The summed E-state index contributed by atoms with van der Waals surface area (Å²) < 4.78 is 13.5. The number of halogens is 2. The van der Waals surface area contributed by atoms with E-state index in [0.29, 0.717) is 4.47 Å². The number of carboxylic acids is 2. The monoisotopic (exact) mass is 277 g/mol. The van der Waals surface area contributed by atoms with Gasteiger partial charge in [0.25, 0.3) is 0 Å². The van der Waals surface area contributed by atoms with Crippen LogP contribution in [0.1, 0.15) is 11.6 Å². The average molecular weight is 278 g/mol. The van der Waals surface area contributed by atoms with Gasteiger partial charge in [-0.2, -0.15) is 0 Å². The Balaban J connectivity index is 3.23. The van der Waals surface area contributed by atoms with Gasteiger partial charge in [0.15, 0.2) is 5.92 Å². The maximum Gasteiger partial charge on any atom is 0.324 e. The van der Waals surface area contributed by atoms with Crippen LogP contribution in [0.15, 0.2) is 16.7 Å². The summed E-state index contributed by atoms with van der Waals surface area (Å²) in [7, 11) is 0. The SMILES string of the molecule is O=C(O)C(C(=O)O)c1ncc(Br)cc1F. The molecule has 0 fully saturated rings. The largest absolute Gasteiger partial charge is 0.480 e. The van der Waals surface area contributed by atoms with Crippen LogP contribution in [0.25, 0.3) is 0 Å². The van der Waals surface area contributed by atoms with Gasteiger partial charge >= 0.3 is 11.9 Å². The molecule has 2 N–H and O–H groups in total. The maximum absolute atomic E-state index is 13.2. The lowest BCUT2D eigenvalue weighted by Gasteiger charge is -2.07. The Kier molecular flexibility index (Phi) is 3.35. The van der Waals surface area contributed by atoms with Gasteiger partial charge in [0.05, 0.1) is 0 Å². The Bertz CT molecular complexity index is 409. The van der Waals surface area contributed by atoms with Gasteiger partial charge in [0.2, 0.25) is 0 Å². The van der Waals surface area contributed by atoms with Gasteiger partial charge in [-0.05, 0) is 22.0 Å². The van der Waals surface area contributed by atoms with E-state index >= 15 is 0 Å². The maximum atomic E-state index is 13.2. The Hall–Kier alpha value is -1.50. The molecule has 0 saturated carbocycles. The average Bonchev–Trinajstić information content (AvgIpc) is 2.08. The molecule has 1 heterocycles. The van der Waals surface area contributed by atoms with E-state index in [4.69, 9.17) is 10.2 Å². The molecular formula is C8H5BrFNO4. The number of carboxylic acid groups (broad SMARTS) is 2. The van der Waals surface area contributed by atoms with Crippen molar-refractivity contribution < 1.29 is 24.2 Å². The molecule has 0 aliphatic heterocycles. The van der Waals surface area contributed by atoms with Crippen molar-refractivity contribution in [3.63, 3.8) is 0 Å². The topological polar surface area (TPSA) is 87.5 Å². The van der Waals surface area contributed by atoms with Crippen LogP contribution in [-0.4, -0.2) is 27.1 Å². The van der Waals surface area contributed by atoms with Crippen molar-refractivity contribution in [2.45, 2.75) is 5.92 Å². The smallest absolute Gasteiger partial charge is 0.324 e. The number of aromatic nitrogens is 1. The van der Waals surface area contributed by atoms with E-state index in [9.17, 15) is 14.0 Å². The van der Waals surface area contributed by atoms with Gasteiger partial charge in [-0.15, -0.1) is 0 Å². The van der Waals surface area contributed by atoms with Crippen molar-refractivity contribution in [1.82, 2.24) is 4.98 Å². The molecule has 0 spiro atoms. The minimum Gasteiger partial charge on any atom is -0.480 e. The molecule has 0 aliphatic carbocycles. The molecule has 1 rings (SSSR count). The first-order valence-electron chi connectivity index (χ1n) is 3.70. The Morgan fingerprint density at radius 3 is 2.33 bits per heavy atom. The summed E-state index contributed by atoms with van der Waals surface area (Å²) in [6.45, 7) is 0. The molecule has 0 unspecified atom stereocenters. The van der Waals surface area contributed by atoms with E-state index in [2.05, 4.69) is 20.9 Å². The first-order chi connectivity index (χ1) is 6.93. The van der Waals surface area contributed by atoms with Gasteiger partial charge in [-0.1, -0.05) is 0 Å². The van der Waals surface area contributed by atoms with Crippen molar-refractivity contribution >= 4 is 27.9 Å². The van der Waals surface area contributed by atoms with Crippen molar-refractivity contribution in [2.75, 3.05) is 0 Å². The van der Waals surface area contributed by atoms with Crippen molar-refractivity contribution in [2.24, 2.45) is 0 Å². The highest BCUT2D eigenvalue weighted by molar-refractivity contribution is 9.10. The number of pyridine rings is 1. The zero-order valence-electron chi connectivity index (χ0n) is 7.15. The molecule has 1 aromatic heterocycles. The molecule has 5 nitrogen and oxygen atoms in total. The van der Waals surface area contributed by atoms with Gasteiger partial charge in [-0.25, -0.2) is 4.39 Å². The van der Waals surface area contributed by atoms with Crippen LogP contribution < -0.4 is 0 Å². The molecule has 0 aliphatic rings. The number of aliphatic carboxylic acids is 2. The second kappa shape index (κ2) is 4.35. The van der Waals surface area contributed by atoms with Crippen LogP contribution in [0.2, 0.25) is 0 Å². The zero-order chi connectivity index (χ0) is 11.6. The summed E-state index contributed by atoms with van der Waals surface area (Å²) in [6.07, 6.45) is 1.14. The van der Waals surface area contributed by atoms with Gasteiger partial charge in [0, 0.05) is 10.7 Å². The third kappa shape index (κ3) is 2.50. The highest BCUT2D eigenvalue weighted by Gasteiger charge is 2.32. The second-order valence-electron chi connectivity index (χ2n) is 2.63. The molecule has 80 valence electrons. The normalized spacial score (nSPS) is 10.3. The van der Waals surface area contributed by atoms with Crippen LogP contribution in [0.4, 0.5) is 4.39 Å². The van der Waals surface area contributed by atoms with E-state index in [1.54, 1.807) is 0 Å². The number of carbonyl (C=O) groups is 2. The summed E-state index contributed by atoms with van der Waals surface area (Å²) in [5.74, 6) is -6.27. The molecular weight excluding hydrogens is 273 g/mol. The lowest BCUT2D eigenvalue weighted by Crippen LogP contribution is -2.23. The summed E-state index contributed by atoms with van der Waals surface area (Å²) >= 11 is 2.92. The van der Waals surface area contributed by atoms with Crippen molar-refractivity contribution in [3.8, 4) is 0 Å². The highest BCUT2D eigenvalue weighted by Crippen LogP contribution is 2.20. The minimum absolute atomic E-state index is 0.304. The molecule has 0 atom stereocenters. The summed E-state index contributed by atoms with van der Waals surface area (Å²) in [6, 6.07) is 0.960. The fourth-order valence-corrected chi connectivity index (χ4v) is 1.28. The van der Waals surface area contributed by atoms with Crippen LogP contribution >= 0.6 is 15.9 Å². The minimum atomic E-state index is -1.99. The second-order valence-corrected chi connectivity index (χ2v) is 3.55. The standard InChI is InChI=1S/C8H5BrFNO4/c9-3-1-4(10)6(11-2-3)5(7(12)13)8(14)15/h1-2,5H,(H,12,13)(H,14,15). The fourth-order valence-electron chi connectivity index (χ4n) is 0.977. The summed E-state index contributed by atoms with van der Waals surface area (Å²) in [5.41, 5.74) is -0.613. The lowest BCUT2D eigenvalue weighted by atomic mass is 10.1. The predicted octanol–water partition coefficient (Wildman–Crippen LogP) is 1.24. The molecule has 0 amide bonds. The van der Waals surface area contributed by atoms with Crippen LogP contribution in [-0.2, 0) is 9.59 Å². The van der Waals surface area contributed by atoms with Crippen molar-refractivity contribution in [1.29, 1.82) is 0 Å². The lowest BCUT2D eigenvalue weighted by molar-refractivity contribution is -0.150. The van der Waals surface area contributed by atoms with Crippen LogP contribution in [0.5, 0.6) is 0 Å². The van der Waals surface area contributed by atoms with Crippen LogP contribution in [0, 0.1) is 5.82 Å². The zero-order valence-corrected chi connectivity index (χ0v) is 8.73. The number of hydrogen-bond acceptors (Lipinski definition) is 3. The van der Waals surface area contributed by atoms with E-state index in [0.717, 1.165) is 12.3 Å². The van der Waals surface area contributed by atoms with Gasteiger partial charge in [-0.3, -0.25) is 14.6 Å². The Morgan fingerprint density at radius 1 is 1.40 bits per heavy atom. The van der Waals surface area contributed by atoms with Gasteiger partial charge in [0.1, 0.15) is 11.5 Å². The van der Waals surface area contributed by atoms with Gasteiger partial charge < -0.3 is 10.2 Å². The third-order valence-corrected chi connectivity index (χ3v) is 2.04. The van der Waals surface area contributed by atoms with E-state index in [-0.39, 0.29) is 0 Å². The Morgan fingerprint density at radius 2 is 1.93 bits per heavy atom. The summed E-state index contributed by atoms with van der Waals surface area (Å²) in [5, 5.41) is 17.2. The fraction of sp³-hybridized carbons (Fsp3) is 0.125. The first-order valence-corrected chi connectivity index (χ1v) is 4.49. The summed E-state index contributed by atoms with van der Waals surface area (Å²) in [4.78, 5) is 24.6. The van der Waals surface area contributed by atoms with Crippen molar-refractivity contribution in [3.05, 3.63) is 28.2 Å². The van der Waals surface area contributed by atoms with E-state index in [1.165, 1.54) is 0 Å². The first kappa shape index (κ1) is 11.6. The van der Waals surface area contributed by atoms with Crippen LogP contribution in [0.3, 0.4) is 0 Å². The highest BCUT2D eigenvalue weighted by atomic mass is 79.9. The number of hydrogen-bond donors (Lipinski definition) is 2. The molecule has 0 saturated heterocycles. The van der Waals surface area contributed by atoms with E-state index in [1.807, 2.05) is 0 Å². The quantitative estimate of drug-likeness (QED) is 0.812.